The van der Waals surface area contributed by atoms with Crippen LogP contribution in [0.4, 0.5) is 11.4 Å². The highest BCUT2D eigenvalue weighted by atomic mass is 16.5. The zero-order valence-electron chi connectivity index (χ0n) is 23.6. The molecule has 0 spiro atoms. The molecule has 2 aromatic carbocycles. The van der Waals surface area contributed by atoms with E-state index in [4.69, 9.17) is 9.73 Å². The number of nitrogens with zero attached hydrogens (tertiary/aromatic N) is 1. The van der Waals surface area contributed by atoms with E-state index in [0.717, 1.165) is 22.8 Å². The van der Waals surface area contributed by atoms with Crippen LogP contribution in [0.2, 0.25) is 0 Å². The number of nitrogens with one attached hydrogen (secondary N) is 1. The number of ether oxygens (including phenoxy) is 1. The number of rotatable bonds is 5. The van der Waals surface area contributed by atoms with Gasteiger partial charge in [-0.05, 0) is 59.3 Å². The van der Waals surface area contributed by atoms with Gasteiger partial charge in [-0.1, -0.05) is 93.5 Å². The highest BCUT2D eigenvalue weighted by Crippen LogP contribution is 2.47. The van der Waals surface area contributed by atoms with E-state index in [0.29, 0.717) is 18.3 Å². The van der Waals surface area contributed by atoms with Crippen molar-refractivity contribution in [3.05, 3.63) is 52.6 Å². The van der Waals surface area contributed by atoms with Crippen LogP contribution < -0.4 is 10.1 Å². The molecule has 0 saturated carbocycles. The van der Waals surface area contributed by atoms with Gasteiger partial charge in [-0.25, -0.2) is 0 Å². The predicted molar refractivity (Wildman–Crippen MR) is 149 cm³/mol. The molecule has 0 aromatic heterocycles. The Balaban J connectivity index is 1.99. The minimum absolute atomic E-state index is 0.0101. The zero-order valence-corrected chi connectivity index (χ0v) is 23.6. The van der Waals surface area contributed by atoms with Crippen LogP contribution >= 0.6 is 0 Å². The molecule has 0 amide bonds. The fourth-order valence-electron chi connectivity index (χ4n) is 4.80. The Morgan fingerprint density at radius 2 is 1.50 bits per heavy atom. The Kier molecular flexibility index (Phi) is 7.01. The van der Waals surface area contributed by atoms with Gasteiger partial charge in [0.05, 0.1) is 11.4 Å². The van der Waals surface area contributed by atoms with E-state index < -0.39 is 5.72 Å². The average Bonchev–Trinajstić information content (AvgIpc) is 3.00. The standard InChI is InChI=1S/C31H46N2O/c1-19(2)23-14-13-15-24(20(3)4)27(23)32-21(5)18-31(12)33-26-17-22(29(6,7)8)16-25(28(26)34-31)30(9,10)11/h13-17,19-20,33H,18H2,1-12H3. The topological polar surface area (TPSA) is 33.6 Å². The van der Waals surface area contributed by atoms with Gasteiger partial charge < -0.3 is 10.1 Å². The summed E-state index contributed by atoms with van der Waals surface area (Å²) in [5.74, 6) is 1.84. The van der Waals surface area contributed by atoms with E-state index >= 15 is 0 Å². The maximum absolute atomic E-state index is 6.69. The smallest absolute Gasteiger partial charge is 0.183 e. The molecule has 3 heteroatoms. The first-order valence-electron chi connectivity index (χ1n) is 12.8. The van der Waals surface area contributed by atoms with E-state index in [1.54, 1.807) is 0 Å². The number of fused-ring (bicyclic) bond motifs is 1. The summed E-state index contributed by atoms with van der Waals surface area (Å²) in [6.07, 6.45) is 0.708. The summed E-state index contributed by atoms with van der Waals surface area (Å²) < 4.78 is 6.69. The molecule has 1 N–H and O–H groups in total. The van der Waals surface area contributed by atoms with E-state index in [-0.39, 0.29) is 10.8 Å². The monoisotopic (exact) mass is 462 g/mol. The molecule has 0 saturated heterocycles. The molecule has 2 aromatic rings. The first kappa shape index (κ1) is 26.3. The number of hydrogen-bond acceptors (Lipinski definition) is 3. The maximum Gasteiger partial charge on any atom is 0.183 e. The third-order valence-corrected chi connectivity index (χ3v) is 6.73. The lowest BCUT2D eigenvalue weighted by Gasteiger charge is -2.28. The quantitative estimate of drug-likeness (QED) is 0.449. The van der Waals surface area contributed by atoms with Crippen molar-refractivity contribution in [3.8, 4) is 5.75 Å². The van der Waals surface area contributed by atoms with Crippen LogP contribution in [0, 0.1) is 0 Å². The van der Waals surface area contributed by atoms with Gasteiger partial charge in [0.15, 0.2) is 5.72 Å². The number of hydrogen-bond donors (Lipinski definition) is 1. The number of aliphatic imine (C=N–C) groups is 1. The molecule has 3 nitrogen and oxygen atoms in total. The third-order valence-electron chi connectivity index (χ3n) is 6.73. The molecule has 0 radical (unpaired) electrons. The van der Waals surface area contributed by atoms with E-state index in [2.05, 4.69) is 119 Å². The van der Waals surface area contributed by atoms with E-state index in [9.17, 15) is 0 Å². The van der Waals surface area contributed by atoms with Crippen LogP contribution in [-0.4, -0.2) is 11.4 Å². The van der Waals surface area contributed by atoms with Crippen LogP contribution in [0.5, 0.6) is 5.75 Å². The normalized spacial score (nSPS) is 18.8. The Hall–Kier alpha value is -2.29. The molecule has 3 rings (SSSR count). The van der Waals surface area contributed by atoms with Crippen LogP contribution in [-0.2, 0) is 10.8 Å². The Bertz CT molecular complexity index is 1050. The first-order chi connectivity index (χ1) is 15.5. The van der Waals surface area contributed by atoms with Crippen LogP contribution in [0.15, 0.2) is 35.3 Å². The molecule has 1 heterocycles. The van der Waals surface area contributed by atoms with E-state index in [1.807, 2.05) is 0 Å². The van der Waals surface area contributed by atoms with Gasteiger partial charge >= 0.3 is 0 Å². The SMILES string of the molecule is CC(CC1(C)Nc2cc(C(C)(C)C)cc(C(C)(C)C)c2O1)=Nc1c(C(C)C)cccc1C(C)C. The number of benzene rings is 2. The minimum atomic E-state index is -0.531. The number of para-hydroxylation sites is 1. The molecule has 1 atom stereocenters. The van der Waals surface area contributed by atoms with Gasteiger partial charge in [-0.3, -0.25) is 4.99 Å². The Morgan fingerprint density at radius 3 is 1.97 bits per heavy atom. The summed E-state index contributed by atoms with van der Waals surface area (Å²) >= 11 is 0. The lowest BCUT2D eigenvalue weighted by atomic mass is 9.80. The van der Waals surface area contributed by atoms with Crippen molar-refractivity contribution in [3.63, 3.8) is 0 Å². The summed E-state index contributed by atoms with van der Waals surface area (Å²) in [4.78, 5) is 5.20. The lowest BCUT2D eigenvalue weighted by molar-refractivity contribution is 0.145. The van der Waals surface area contributed by atoms with Gasteiger partial charge in [0.2, 0.25) is 0 Å². The highest BCUT2D eigenvalue weighted by molar-refractivity contribution is 5.87. The van der Waals surface area contributed by atoms with Crippen LogP contribution in [0.25, 0.3) is 0 Å². The third kappa shape index (κ3) is 5.50. The summed E-state index contributed by atoms with van der Waals surface area (Å²) in [6, 6.07) is 11.2. The van der Waals surface area contributed by atoms with Crippen molar-refractivity contribution < 1.29 is 4.74 Å². The van der Waals surface area contributed by atoms with Gasteiger partial charge in [0.25, 0.3) is 0 Å². The average molecular weight is 463 g/mol. The largest absolute Gasteiger partial charge is 0.466 e. The molecule has 186 valence electrons. The molecule has 0 aliphatic carbocycles. The van der Waals surface area contributed by atoms with Gasteiger partial charge in [0.1, 0.15) is 5.75 Å². The lowest BCUT2D eigenvalue weighted by Crippen LogP contribution is -2.38. The summed E-state index contributed by atoms with van der Waals surface area (Å²) in [7, 11) is 0. The second-order valence-electron chi connectivity index (χ2n) is 13.0. The van der Waals surface area contributed by atoms with Crippen molar-refractivity contribution in [1.82, 2.24) is 0 Å². The summed E-state index contributed by atoms with van der Waals surface area (Å²) in [5.41, 5.74) is 8.04. The van der Waals surface area contributed by atoms with Crippen molar-refractivity contribution in [1.29, 1.82) is 0 Å². The van der Waals surface area contributed by atoms with Crippen molar-refractivity contribution in [2.75, 3.05) is 5.32 Å². The Morgan fingerprint density at radius 1 is 0.941 bits per heavy atom. The number of anilines is 1. The molecule has 1 aliphatic rings. The summed E-state index contributed by atoms with van der Waals surface area (Å²) in [6.45, 7) is 26.8. The van der Waals surface area contributed by atoms with Crippen LogP contribution in [0.3, 0.4) is 0 Å². The minimum Gasteiger partial charge on any atom is -0.466 e. The van der Waals surface area contributed by atoms with Crippen LogP contribution in [0.1, 0.15) is 124 Å². The van der Waals surface area contributed by atoms with Gasteiger partial charge in [0, 0.05) is 17.7 Å². The Labute approximate surface area is 208 Å². The molecule has 34 heavy (non-hydrogen) atoms. The zero-order chi connectivity index (χ0) is 25.6. The molecule has 1 aliphatic heterocycles. The van der Waals surface area contributed by atoms with Gasteiger partial charge in [-0.15, -0.1) is 0 Å². The molecule has 0 fully saturated rings. The van der Waals surface area contributed by atoms with Crippen molar-refractivity contribution >= 4 is 17.1 Å². The van der Waals surface area contributed by atoms with Crippen molar-refractivity contribution in [2.24, 2.45) is 4.99 Å². The molecular weight excluding hydrogens is 416 g/mol. The molecule has 0 bridgehead atoms. The molecular formula is C31H46N2O. The fraction of sp³-hybridized carbons (Fsp3) is 0.581. The highest BCUT2D eigenvalue weighted by Gasteiger charge is 2.39. The van der Waals surface area contributed by atoms with E-state index in [1.165, 1.54) is 22.3 Å². The predicted octanol–water partition coefficient (Wildman–Crippen LogP) is 9.23. The second-order valence-corrected chi connectivity index (χ2v) is 13.0. The summed E-state index contributed by atoms with van der Waals surface area (Å²) in [5, 5.41) is 3.72. The maximum atomic E-state index is 6.69. The van der Waals surface area contributed by atoms with Gasteiger partial charge in [-0.2, -0.15) is 0 Å². The van der Waals surface area contributed by atoms with Crippen molar-refractivity contribution in [2.45, 2.75) is 118 Å². The first-order valence-corrected chi connectivity index (χ1v) is 12.8. The fourth-order valence-corrected chi connectivity index (χ4v) is 4.80. The second kappa shape index (κ2) is 9.06. The molecule has 1 unspecified atom stereocenters.